The Balaban J connectivity index is 1.59. The van der Waals surface area contributed by atoms with Crippen molar-refractivity contribution in [2.75, 3.05) is 27.3 Å². The van der Waals surface area contributed by atoms with Crippen molar-refractivity contribution in [1.29, 1.82) is 0 Å². The predicted molar refractivity (Wildman–Crippen MR) is 115 cm³/mol. The Morgan fingerprint density at radius 2 is 1.76 bits per heavy atom. The summed E-state index contributed by atoms with van der Waals surface area (Å²) in [5.41, 5.74) is 4.97. The Morgan fingerprint density at radius 3 is 2.41 bits per heavy atom. The summed E-state index contributed by atoms with van der Waals surface area (Å²) in [5, 5.41) is 13.0. The summed E-state index contributed by atoms with van der Waals surface area (Å²) < 4.78 is 5.19. The van der Waals surface area contributed by atoms with Crippen LogP contribution in [0.3, 0.4) is 0 Å². The molecular weight excluding hydrogens is 364 g/mol. The number of nitrogens with one attached hydrogen (secondary N) is 1. The molecule has 3 rings (SSSR count). The number of aliphatic hydroxyl groups excluding tert-OH is 1. The Labute approximate surface area is 173 Å². The number of ether oxygens (including phenoxy) is 1. The molecule has 156 valence electrons. The number of likely N-dealkylation sites (N-methyl/N-ethyl adjacent to an activating group) is 1. The van der Waals surface area contributed by atoms with E-state index < -0.39 is 0 Å². The number of aryl methyl sites for hydroxylation is 2. The lowest BCUT2D eigenvalue weighted by Gasteiger charge is -2.27. The van der Waals surface area contributed by atoms with Gasteiger partial charge in [0.25, 0.3) is 0 Å². The summed E-state index contributed by atoms with van der Waals surface area (Å²) in [4.78, 5) is 14.5. The normalized spacial score (nSPS) is 15.5. The van der Waals surface area contributed by atoms with Gasteiger partial charge in [-0.05, 0) is 74.0 Å². The van der Waals surface area contributed by atoms with Crippen molar-refractivity contribution in [3.05, 3.63) is 64.7 Å². The van der Waals surface area contributed by atoms with Crippen LogP contribution in [0.5, 0.6) is 5.75 Å². The second-order valence-corrected chi connectivity index (χ2v) is 7.91. The lowest BCUT2D eigenvalue weighted by Crippen LogP contribution is -2.39. The fourth-order valence-corrected chi connectivity index (χ4v) is 4.06. The van der Waals surface area contributed by atoms with E-state index in [-0.39, 0.29) is 31.1 Å². The monoisotopic (exact) mass is 396 g/mol. The van der Waals surface area contributed by atoms with Crippen LogP contribution < -0.4 is 10.1 Å². The van der Waals surface area contributed by atoms with Crippen LogP contribution in [0, 0.1) is 0 Å². The Hall–Kier alpha value is -2.37. The van der Waals surface area contributed by atoms with Crippen molar-refractivity contribution in [3.63, 3.8) is 0 Å². The molecule has 0 saturated heterocycles. The summed E-state index contributed by atoms with van der Waals surface area (Å²) in [7, 11) is 3.48. The zero-order chi connectivity index (χ0) is 20.8. The van der Waals surface area contributed by atoms with E-state index in [1.54, 1.807) is 7.11 Å². The maximum Gasteiger partial charge on any atom is 0.234 e. The van der Waals surface area contributed by atoms with Crippen LogP contribution in [0.2, 0.25) is 0 Å². The molecule has 2 unspecified atom stereocenters. The van der Waals surface area contributed by atoms with Crippen LogP contribution >= 0.6 is 0 Å². The highest BCUT2D eigenvalue weighted by atomic mass is 16.5. The number of fused-ring (bicyclic) bond motifs is 1. The van der Waals surface area contributed by atoms with E-state index in [1.807, 2.05) is 43.1 Å². The first-order valence-electron chi connectivity index (χ1n) is 10.4. The number of carbonyl (C=O) groups is 1. The minimum Gasteiger partial charge on any atom is -0.497 e. The van der Waals surface area contributed by atoms with Crippen molar-refractivity contribution in [2.45, 2.75) is 44.7 Å². The van der Waals surface area contributed by atoms with Crippen molar-refractivity contribution >= 4 is 5.91 Å². The van der Waals surface area contributed by atoms with E-state index >= 15 is 0 Å². The van der Waals surface area contributed by atoms with E-state index in [9.17, 15) is 9.90 Å². The highest BCUT2D eigenvalue weighted by molar-refractivity contribution is 5.78. The van der Waals surface area contributed by atoms with E-state index in [4.69, 9.17) is 4.74 Å². The first-order chi connectivity index (χ1) is 14.0. The molecular formula is C24H32N2O3. The molecule has 1 aliphatic carbocycles. The van der Waals surface area contributed by atoms with Gasteiger partial charge in [0, 0.05) is 0 Å². The fourth-order valence-electron chi connectivity index (χ4n) is 4.06. The molecule has 0 bridgehead atoms. The van der Waals surface area contributed by atoms with E-state index in [2.05, 4.69) is 23.5 Å². The topological polar surface area (TPSA) is 61.8 Å². The average Bonchev–Trinajstić information content (AvgIpc) is 2.74. The van der Waals surface area contributed by atoms with Crippen LogP contribution in [0.15, 0.2) is 42.5 Å². The van der Waals surface area contributed by atoms with Crippen LogP contribution in [0.25, 0.3) is 0 Å². The summed E-state index contributed by atoms with van der Waals surface area (Å²) in [5.74, 6) is 0.717. The van der Waals surface area contributed by atoms with E-state index in [0.717, 1.165) is 29.7 Å². The van der Waals surface area contributed by atoms with Gasteiger partial charge in [0.1, 0.15) is 5.75 Å². The predicted octanol–water partition coefficient (Wildman–Crippen LogP) is 3.42. The van der Waals surface area contributed by atoms with E-state index in [0.29, 0.717) is 0 Å². The van der Waals surface area contributed by atoms with Gasteiger partial charge < -0.3 is 15.2 Å². The highest BCUT2D eigenvalue weighted by Gasteiger charge is 2.20. The van der Waals surface area contributed by atoms with E-state index in [1.165, 1.54) is 24.0 Å². The number of carbonyl (C=O) groups excluding carboxylic acids is 1. The summed E-state index contributed by atoms with van der Waals surface area (Å²) in [6.45, 7) is 2.18. The largest absolute Gasteiger partial charge is 0.497 e. The molecule has 2 aromatic carbocycles. The van der Waals surface area contributed by atoms with Crippen molar-refractivity contribution < 1.29 is 14.6 Å². The number of benzene rings is 2. The molecule has 29 heavy (non-hydrogen) atoms. The van der Waals surface area contributed by atoms with Gasteiger partial charge in [-0.25, -0.2) is 0 Å². The van der Waals surface area contributed by atoms with Crippen molar-refractivity contribution in [1.82, 2.24) is 10.2 Å². The smallest absolute Gasteiger partial charge is 0.234 e. The minimum absolute atomic E-state index is 0.0447. The molecule has 0 aliphatic heterocycles. The number of hydrogen-bond donors (Lipinski definition) is 2. The Kier molecular flexibility index (Phi) is 7.29. The van der Waals surface area contributed by atoms with Crippen LogP contribution in [-0.4, -0.2) is 43.2 Å². The van der Waals surface area contributed by atoms with Gasteiger partial charge >= 0.3 is 0 Å². The number of aliphatic hydroxyl groups is 1. The molecule has 0 radical (unpaired) electrons. The van der Waals surface area contributed by atoms with Crippen LogP contribution in [-0.2, 0) is 17.6 Å². The van der Waals surface area contributed by atoms with Gasteiger partial charge in [0.05, 0.1) is 32.3 Å². The molecule has 5 heteroatoms. The number of methoxy groups -OCH3 is 1. The summed E-state index contributed by atoms with van der Waals surface area (Å²) >= 11 is 0. The Bertz CT molecular complexity index is 819. The number of amides is 1. The second-order valence-electron chi connectivity index (χ2n) is 7.91. The fraction of sp³-hybridized carbons (Fsp3) is 0.458. The number of rotatable bonds is 8. The molecule has 0 fully saturated rings. The maximum atomic E-state index is 12.6. The third-order valence-corrected chi connectivity index (χ3v) is 5.85. The van der Waals surface area contributed by atoms with Gasteiger partial charge in [-0.2, -0.15) is 0 Å². The lowest BCUT2D eigenvalue weighted by molar-refractivity contribution is -0.123. The first kappa shape index (κ1) is 21.3. The Morgan fingerprint density at radius 1 is 1.10 bits per heavy atom. The zero-order valence-corrected chi connectivity index (χ0v) is 17.6. The standard InChI is InChI=1S/C24H32N2O3/c1-17(20-9-8-18-6-4-5-7-21(18)14-20)25-24(28)15-26(2)23(16-27)19-10-12-22(29-3)13-11-19/h8-14,17,23,27H,4-7,15-16H2,1-3H3,(H,25,28). The lowest BCUT2D eigenvalue weighted by atomic mass is 9.89. The molecule has 2 aromatic rings. The van der Waals surface area contributed by atoms with Gasteiger partial charge in [-0.1, -0.05) is 30.3 Å². The molecule has 0 saturated carbocycles. The molecule has 0 spiro atoms. The quantitative estimate of drug-likeness (QED) is 0.718. The molecule has 5 nitrogen and oxygen atoms in total. The zero-order valence-electron chi connectivity index (χ0n) is 17.6. The third-order valence-electron chi connectivity index (χ3n) is 5.85. The molecule has 1 aliphatic rings. The van der Waals surface area contributed by atoms with Crippen LogP contribution in [0.4, 0.5) is 0 Å². The van der Waals surface area contributed by atoms with Gasteiger partial charge in [-0.3, -0.25) is 9.69 Å². The maximum absolute atomic E-state index is 12.6. The molecule has 2 atom stereocenters. The number of nitrogens with zero attached hydrogens (tertiary/aromatic N) is 1. The average molecular weight is 397 g/mol. The van der Waals surface area contributed by atoms with Crippen molar-refractivity contribution in [2.24, 2.45) is 0 Å². The van der Waals surface area contributed by atoms with Crippen molar-refractivity contribution in [3.8, 4) is 5.75 Å². The third kappa shape index (κ3) is 5.37. The second kappa shape index (κ2) is 9.90. The summed E-state index contributed by atoms with van der Waals surface area (Å²) in [6.07, 6.45) is 4.81. The first-order valence-corrected chi connectivity index (χ1v) is 10.4. The summed E-state index contributed by atoms with van der Waals surface area (Å²) in [6, 6.07) is 13.9. The van der Waals surface area contributed by atoms with Crippen LogP contribution in [0.1, 0.15) is 54.1 Å². The van der Waals surface area contributed by atoms with Gasteiger partial charge in [-0.15, -0.1) is 0 Å². The number of hydrogen-bond acceptors (Lipinski definition) is 4. The molecule has 1 amide bonds. The molecule has 0 aromatic heterocycles. The van der Waals surface area contributed by atoms with Gasteiger partial charge in [0.2, 0.25) is 5.91 Å². The van der Waals surface area contributed by atoms with Gasteiger partial charge in [0.15, 0.2) is 0 Å². The highest BCUT2D eigenvalue weighted by Crippen LogP contribution is 2.25. The molecule has 2 N–H and O–H groups in total. The molecule has 0 heterocycles. The minimum atomic E-state index is -0.245. The SMILES string of the molecule is COc1ccc(C(CO)N(C)CC(=O)NC(C)c2ccc3c(c2)CCCC3)cc1.